The zero-order valence-corrected chi connectivity index (χ0v) is 15.7. The van der Waals surface area contributed by atoms with E-state index in [9.17, 15) is 9.59 Å². The molecule has 0 radical (unpaired) electrons. The van der Waals surface area contributed by atoms with Gasteiger partial charge in [-0.2, -0.15) is 0 Å². The van der Waals surface area contributed by atoms with E-state index in [-0.39, 0.29) is 23.3 Å². The summed E-state index contributed by atoms with van der Waals surface area (Å²) >= 11 is 0. The van der Waals surface area contributed by atoms with Crippen LogP contribution in [-0.4, -0.2) is 17.5 Å². The largest absolute Gasteiger partial charge is 0.497 e. The highest BCUT2D eigenvalue weighted by Gasteiger charge is 2.25. The number of pyridine rings is 1. The van der Waals surface area contributed by atoms with Crippen LogP contribution in [0.5, 0.6) is 5.75 Å². The Morgan fingerprint density at radius 3 is 2.21 bits per heavy atom. The van der Waals surface area contributed by atoms with Gasteiger partial charge in [0.05, 0.1) is 19.2 Å². The molecule has 2 aromatic rings. The van der Waals surface area contributed by atoms with E-state index < -0.39 is 5.41 Å². The molecule has 130 valence electrons. The quantitative estimate of drug-likeness (QED) is 0.857. The molecule has 0 aliphatic carbocycles. The summed E-state index contributed by atoms with van der Waals surface area (Å²) in [5.41, 5.74) is 0.535. The van der Waals surface area contributed by atoms with Gasteiger partial charge in [-0.3, -0.25) is 9.59 Å². The molecule has 0 spiro atoms. The summed E-state index contributed by atoms with van der Waals surface area (Å²) in [6.45, 7) is 11.7. The van der Waals surface area contributed by atoms with Crippen molar-refractivity contribution in [1.29, 1.82) is 0 Å². The van der Waals surface area contributed by atoms with Crippen LogP contribution < -0.4 is 10.3 Å². The van der Waals surface area contributed by atoms with Gasteiger partial charge in [0.2, 0.25) is 0 Å². The van der Waals surface area contributed by atoms with Crippen LogP contribution in [0.15, 0.2) is 29.1 Å². The molecule has 0 atom stereocenters. The number of methoxy groups -OCH3 is 1. The molecule has 2 rings (SSSR count). The Hall–Kier alpha value is -2.10. The molecule has 24 heavy (non-hydrogen) atoms. The molecule has 0 fully saturated rings. The van der Waals surface area contributed by atoms with Gasteiger partial charge in [0.15, 0.2) is 5.78 Å². The van der Waals surface area contributed by atoms with Crippen molar-refractivity contribution in [2.24, 2.45) is 5.41 Å². The molecule has 0 saturated heterocycles. The molecule has 0 aliphatic rings. The number of ketones is 1. The fourth-order valence-electron chi connectivity index (χ4n) is 2.55. The van der Waals surface area contributed by atoms with Crippen molar-refractivity contribution in [3.8, 4) is 5.75 Å². The Morgan fingerprint density at radius 1 is 1.08 bits per heavy atom. The van der Waals surface area contributed by atoms with Crippen molar-refractivity contribution < 1.29 is 9.53 Å². The predicted molar refractivity (Wildman–Crippen MR) is 97.9 cm³/mol. The van der Waals surface area contributed by atoms with Gasteiger partial charge in [0.25, 0.3) is 5.56 Å². The summed E-state index contributed by atoms with van der Waals surface area (Å²) in [6.07, 6.45) is 0. The highest BCUT2D eigenvalue weighted by molar-refractivity contribution is 5.87. The minimum absolute atomic E-state index is 0.0276. The predicted octanol–water partition coefficient (Wildman–Crippen LogP) is 3.92. The van der Waals surface area contributed by atoms with Crippen molar-refractivity contribution in [1.82, 2.24) is 4.57 Å². The minimum Gasteiger partial charge on any atom is -0.497 e. The third-order valence-corrected chi connectivity index (χ3v) is 4.25. The lowest BCUT2D eigenvalue weighted by Crippen LogP contribution is -2.35. The van der Waals surface area contributed by atoms with Gasteiger partial charge in [0.1, 0.15) is 5.75 Å². The van der Waals surface area contributed by atoms with E-state index in [1.165, 1.54) is 0 Å². The van der Waals surface area contributed by atoms with Crippen LogP contribution in [0, 0.1) is 5.41 Å². The van der Waals surface area contributed by atoms with Gasteiger partial charge in [-0.25, -0.2) is 0 Å². The average Bonchev–Trinajstić information content (AvgIpc) is 2.46. The Bertz CT molecular complexity index is 833. The highest BCUT2D eigenvalue weighted by atomic mass is 16.5. The topological polar surface area (TPSA) is 48.3 Å². The lowest BCUT2D eigenvalue weighted by molar-refractivity contribution is -0.126. The van der Waals surface area contributed by atoms with E-state index in [0.717, 1.165) is 10.9 Å². The molecule has 4 heteroatoms. The van der Waals surface area contributed by atoms with Gasteiger partial charge in [-0.15, -0.1) is 0 Å². The lowest BCUT2D eigenvalue weighted by Gasteiger charge is -2.23. The van der Waals surface area contributed by atoms with Crippen LogP contribution in [0.4, 0.5) is 0 Å². The smallest absolute Gasteiger partial charge is 0.255 e. The maximum Gasteiger partial charge on any atom is 0.255 e. The van der Waals surface area contributed by atoms with Crippen LogP contribution in [0.3, 0.4) is 0 Å². The van der Waals surface area contributed by atoms with E-state index >= 15 is 0 Å². The number of carbonyl (C=O) groups is 1. The number of fused-ring (bicyclic) bond motifs is 1. The zero-order valence-electron chi connectivity index (χ0n) is 15.7. The lowest BCUT2D eigenvalue weighted by atomic mass is 9.86. The molecule has 0 bridgehead atoms. The normalized spacial score (nSPS) is 12.5. The van der Waals surface area contributed by atoms with E-state index in [0.29, 0.717) is 11.3 Å². The summed E-state index contributed by atoms with van der Waals surface area (Å²) in [5.74, 6) is 0.696. The zero-order chi connectivity index (χ0) is 18.3. The Kier molecular flexibility index (Phi) is 4.62. The van der Waals surface area contributed by atoms with Crippen LogP contribution in [0.1, 0.15) is 47.1 Å². The van der Waals surface area contributed by atoms with Crippen molar-refractivity contribution in [3.05, 3.63) is 40.2 Å². The molecule has 0 aliphatic heterocycles. The number of aromatic nitrogens is 1. The van der Waals surface area contributed by atoms with Crippen LogP contribution in [-0.2, 0) is 16.8 Å². The molecule has 4 nitrogen and oxygen atoms in total. The second kappa shape index (κ2) is 6.08. The third kappa shape index (κ3) is 3.53. The van der Waals surface area contributed by atoms with Crippen LogP contribution in [0.2, 0.25) is 0 Å². The standard InChI is InChI=1S/C20H27NO3/c1-19(2,3)15-10-13-8-9-14(24-7)11-16(13)21(18(15)23)12-17(22)20(4,5)6/h8-11H,12H2,1-7H3. The number of Topliss-reactive ketones (excluding diaryl/α,β-unsaturated/α-hetero) is 1. The number of hydrogen-bond donors (Lipinski definition) is 0. The van der Waals surface area contributed by atoms with Gasteiger partial charge in [0, 0.05) is 17.0 Å². The Balaban J connectivity index is 2.79. The summed E-state index contributed by atoms with van der Waals surface area (Å²) in [7, 11) is 1.59. The fraction of sp³-hybridized carbons (Fsp3) is 0.500. The molecule has 0 unspecified atom stereocenters. The SMILES string of the molecule is COc1ccc2cc(C(C)(C)C)c(=O)n(CC(=O)C(C)(C)C)c2c1. The van der Waals surface area contributed by atoms with E-state index in [2.05, 4.69) is 0 Å². The number of benzene rings is 1. The van der Waals surface area contributed by atoms with E-state index in [4.69, 9.17) is 4.74 Å². The molecule has 1 heterocycles. The summed E-state index contributed by atoms with van der Waals surface area (Å²) in [4.78, 5) is 25.6. The van der Waals surface area contributed by atoms with Crippen LogP contribution >= 0.6 is 0 Å². The maximum absolute atomic E-state index is 13.1. The summed E-state index contributed by atoms with van der Waals surface area (Å²) in [5, 5.41) is 0.932. The van der Waals surface area contributed by atoms with Crippen molar-refractivity contribution in [2.75, 3.05) is 7.11 Å². The summed E-state index contributed by atoms with van der Waals surface area (Å²) < 4.78 is 6.88. The molecular formula is C20H27NO3. The number of hydrogen-bond acceptors (Lipinski definition) is 3. The average molecular weight is 329 g/mol. The monoisotopic (exact) mass is 329 g/mol. The van der Waals surface area contributed by atoms with Gasteiger partial charge in [-0.1, -0.05) is 41.5 Å². The fourth-order valence-corrected chi connectivity index (χ4v) is 2.55. The maximum atomic E-state index is 13.1. The first-order valence-corrected chi connectivity index (χ1v) is 8.20. The molecule has 0 N–H and O–H groups in total. The Labute approximate surface area is 143 Å². The number of ether oxygens (including phenoxy) is 1. The second-order valence-electron chi connectivity index (χ2n) is 8.30. The third-order valence-electron chi connectivity index (χ3n) is 4.25. The number of rotatable bonds is 3. The van der Waals surface area contributed by atoms with Gasteiger partial charge >= 0.3 is 0 Å². The van der Waals surface area contributed by atoms with Crippen molar-refractivity contribution in [2.45, 2.75) is 53.5 Å². The number of nitrogens with zero attached hydrogens (tertiary/aromatic N) is 1. The molecule has 0 amide bonds. The van der Waals surface area contributed by atoms with Crippen LogP contribution in [0.25, 0.3) is 10.9 Å². The Morgan fingerprint density at radius 2 is 1.71 bits per heavy atom. The highest BCUT2D eigenvalue weighted by Crippen LogP contribution is 2.26. The van der Waals surface area contributed by atoms with E-state index in [1.54, 1.807) is 11.7 Å². The first kappa shape index (κ1) is 18.2. The van der Waals surface area contributed by atoms with Crippen molar-refractivity contribution in [3.63, 3.8) is 0 Å². The second-order valence-corrected chi connectivity index (χ2v) is 8.30. The first-order valence-electron chi connectivity index (χ1n) is 8.20. The van der Waals surface area contributed by atoms with Gasteiger partial charge < -0.3 is 9.30 Å². The molecule has 1 aromatic heterocycles. The molecule has 1 aromatic carbocycles. The number of carbonyl (C=O) groups excluding carboxylic acids is 1. The summed E-state index contributed by atoms with van der Waals surface area (Å²) in [6, 6.07) is 7.55. The minimum atomic E-state index is -0.498. The molecule has 0 saturated carbocycles. The van der Waals surface area contributed by atoms with Gasteiger partial charge in [-0.05, 0) is 29.0 Å². The van der Waals surface area contributed by atoms with Crippen molar-refractivity contribution >= 4 is 16.7 Å². The molecular weight excluding hydrogens is 302 g/mol. The van der Waals surface area contributed by atoms with E-state index in [1.807, 2.05) is 65.8 Å². The first-order chi connectivity index (χ1) is 10.9.